The van der Waals surface area contributed by atoms with Gasteiger partial charge in [0.05, 0.1) is 5.92 Å². The van der Waals surface area contributed by atoms with Crippen molar-refractivity contribution in [3.05, 3.63) is 65.5 Å². The molecule has 0 aliphatic rings. The first kappa shape index (κ1) is 12.3. The summed E-state index contributed by atoms with van der Waals surface area (Å²) in [5.74, 6) is -0.634. The van der Waals surface area contributed by atoms with Crippen LogP contribution in [0.15, 0.2) is 48.7 Å². The quantitative estimate of drug-likeness (QED) is 0.890. The fraction of sp³-hybridized carbons (Fsp3) is 0.200. The highest BCUT2D eigenvalue weighted by molar-refractivity contribution is 5.82. The molecule has 2 rings (SSSR count). The van der Waals surface area contributed by atoms with Gasteiger partial charge >= 0.3 is 0 Å². The molecule has 1 aromatic carbocycles. The number of aryl methyl sites for hydroxylation is 1. The second-order valence-electron chi connectivity index (χ2n) is 4.38. The maximum atomic E-state index is 11.6. The van der Waals surface area contributed by atoms with Gasteiger partial charge in [0.2, 0.25) is 5.91 Å². The zero-order chi connectivity index (χ0) is 13.0. The Morgan fingerprint density at radius 1 is 1.22 bits per heavy atom. The summed E-state index contributed by atoms with van der Waals surface area (Å²) in [6.07, 6.45) is 2.34. The maximum absolute atomic E-state index is 11.6. The molecule has 0 aliphatic carbocycles. The van der Waals surface area contributed by atoms with Gasteiger partial charge in [-0.2, -0.15) is 0 Å². The summed E-state index contributed by atoms with van der Waals surface area (Å²) in [7, 11) is 0. The summed E-state index contributed by atoms with van der Waals surface area (Å²) in [6.45, 7) is 1.92. The lowest BCUT2D eigenvalue weighted by Crippen LogP contribution is -2.23. The van der Waals surface area contributed by atoms with Gasteiger partial charge in [0.15, 0.2) is 0 Å². The average molecular weight is 240 g/mol. The maximum Gasteiger partial charge on any atom is 0.225 e. The first-order valence-corrected chi connectivity index (χ1v) is 5.92. The normalized spacial score (nSPS) is 12.1. The minimum atomic E-state index is -0.319. The van der Waals surface area contributed by atoms with Gasteiger partial charge in [-0.15, -0.1) is 0 Å². The largest absolute Gasteiger partial charge is 0.369 e. The number of amides is 1. The smallest absolute Gasteiger partial charge is 0.225 e. The van der Waals surface area contributed by atoms with E-state index < -0.39 is 0 Å². The van der Waals surface area contributed by atoms with E-state index in [9.17, 15) is 4.79 Å². The Bertz CT molecular complexity index is 520. The van der Waals surface area contributed by atoms with Crippen molar-refractivity contribution in [1.82, 2.24) is 4.98 Å². The molecular weight excluding hydrogens is 224 g/mol. The SMILES string of the molecule is Cc1ccc(C(Cc2ccccc2)C(N)=O)cn1. The van der Waals surface area contributed by atoms with Crippen molar-refractivity contribution in [2.24, 2.45) is 5.73 Å². The zero-order valence-corrected chi connectivity index (χ0v) is 10.3. The number of hydrogen-bond acceptors (Lipinski definition) is 2. The molecule has 1 atom stereocenters. The summed E-state index contributed by atoms with van der Waals surface area (Å²) in [5, 5.41) is 0. The molecule has 1 amide bonds. The van der Waals surface area contributed by atoms with Crippen LogP contribution in [0.5, 0.6) is 0 Å². The van der Waals surface area contributed by atoms with E-state index in [1.54, 1.807) is 6.20 Å². The zero-order valence-electron chi connectivity index (χ0n) is 10.3. The van der Waals surface area contributed by atoms with Crippen molar-refractivity contribution in [1.29, 1.82) is 0 Å². The first-order chi connectivity index (χ1) is 8.66. The predicted octanol–water partition coefficient (Wildman–Crippen LogP) is 2.20. The van der Waals surface area contributed by atoms with E-state index in [4.69, 9.17) is 5.73 Å². The molecule has 0 saturated heterocycles. The number of primary amides is 1. The first-order valence-electron chi connectivity index (χ1n) is 5.92. The van der Waals surface area contributed by atoms with Crippen molar-refractivity contribution in [2.75, 3.05) is 0 Å². The number of pyridine rings is 1. The number of nitrogens with zero attached hydrogens (tertiary/aromatic N) is 1. The molecule has 3 nitrogen and oxygen atoms in total. The van der Waals surface area contributed by atoms with Crippen LogP contribution in [0.1, 0.15) is 22.7 Å². The van der Waals surface area contributed by atoms with Crippen LogP contribution in [0, 0.1) is 6.92 Å². The minimum Gasteiger partial charge on any atom is -0.369 e. The molecule has 3 heteroatoms. The third kappa shape index (κ3) is 2.94. The number of benzene rings is 1. The highest BCUT2D eigenvalue weighted by Gasteiger charge is 2.18. The van der Waals surface area contributed by atoms with Gasteiger partial charge in [0.25, 0.3) is 0 Å². The molecule has 0 saturated carbocycles. The van der Waals surface area contributed by atoms with Gasteiger partial charge in [-0.25, -0.2) is 0 Å². The van der Waals surface area contributed by atoms with E-state index in [1.807, 2.05) is 49.4 Å². The lowest BCUT2D eigenvalue weighted by Gasteiger charge is -2.13. The number of carbonyl (C=O) groups excluding carboxylic acids is 1. The van der Waals surface area contributed by atoms with Gasteiger partial charge in [0, 0.05) is 11.9 Å². The molecule has 2 N–H and O–H groups in total. The van der Waals surface area contributed by atoms with Gasteiger partial charge in [-0.1, -0.05) is 36.4 Å². The van der Waals surface area contributed by atoms with Crippen molar-refractivity contribution >= 4 is 5.91 Å². The second kappa shape index (κ2) is 5.45. The molecule has 0 aliphatic heterocycles. The summed E-state index contributed by atoms with van der Waals surface area (Å²) < 4.78 is 0. The lowest BCUT2D eigenvalue weighted by molar-refractivity contribution is -0.119. The second-order valence-corrected chi connectivity index (χ2v) is 4.38. The number of rotatable bonds is 4. The fourth-order valence-electron chi connectivity index (χ4n) is 1.92. The number of hydrogen-bond donors (Lipinski definition) is 1. The molecule has 0 fully saturated rings. The van der Waals surface area contributed by atoms with E-state index in [0.717, 1.165) is 16.8 Å². The van der Waals surface area contributed by atoms with Crippen molar-refractivity contribution in [3.8, 4) is 0 Å². The summed E-state index contributed by atoms with van der Waals surface area (Å²) in [5.41, 5.74) is 8.39. The number of carbonyl (C=O) groups is 1. The Kier molecular flexibility index (Phi) is 3.72. The Hall–Kier alpha value is -2.16. The number of nitrogens with two attached hydrogens (primary N) is 1. The standard InChI is InChI=1S/C15H16N2O/c1-11-7-8-13(10-17-11)14(15(16)18)9-12-5-3-2-4-6-12/h2-8,10,14H,9H2,1H3,(H2,16,18). The Morgan fingerprint density at radius 2 is 1.94 bits per heavy atom. The highest BCUT2D eigenvalue weighted by Crippen LogP contribution is 2.20. The van der Waals surface area contributed by atoms with Crippen LogP contribution >= 0.6 is 0 Å². The molecule has 0 radical (unpaired) electrons. The van der Waals surface area contributed by atoms with Crippen LogP contribution in [0.3, 0.4) is 0 Å². The van der Waals surface area contributed by atoms with Crippen LogP contribution in [-0.4, -0.2) is 10.9 Å². The molecule has 1 aromatic heterocycles. The number of aromatic nitrogens is 1. The summed E-state index contributed by atoms with van der Waals surface area (Å²) in [6, 6.07) is 13.7. The van der Waals surface area contributed by atoms with Gasteiger partial charge < -0.3 is 5.73 Å². The molecule has 0 spiro atoms. The topological polar surface area (TPSA) is 56.0 Å². The van der Waals surface area contributed by atoms with Gasteiger partial charge in [-0.05, 0) is 30.5 Å². The average Bonchev–Trinajstić information content (AvgIpc) is 2.38. The van der Waals surface area contributed by atoms with E-state index in [-0.39, 0.29) is 11.8 Å². The van der Waals surface area contributed by atoms with Crippen LogP contribution in [-0.2, 0) is 11.2 Å². The van der Waals surface area contributed by atoms with Crippen LogP contribution in [0.2, 0.25) is 0 Å². The van der Waals surface area contributed by atoms with Crippen molar-refractivity contribution < 1.29 is 4.79 Å². The van der Waals surface area contributed by atoms with Gasteiger partial charge in [0.1, 0.15) is 0 Å². The Balaban J connectivity index is 2.24. The Morgan fingerprint density at radius 3 is 2.50 bits per heavy atom. The molecule has 0 bridgehead atoms. The van der Waals surface area contributed by atoms with Crippen LogP contribution in [0.25, 0.3) is 0 Å². The van der Waals surface area contributed by atoms with Crippen molar-refractivity contribution in [2.45, 2.75) is 19.3 Å². The van der Waals surface area contributed by atoms with E-state index in [1.165, 1.54) is 0 Å². The summed E-state index contributed by atoms with van der Waals surface area (Å²) >= 11 is 0. The van der Waals surface area contributed by atoms with E-state index in [0.29, 0.717) is 6.42 Å². The highest BCUT2D eigenvalue weighted by atomic mass is 16.1. The predicted molar refractivity (Wildman–Crippen MR) is 71.1 cm³/mol. The third-order valence-electron chi connectivity index (χ3n) is 2.96. The lowest BCUT2D eigenvalue weighted by atomic mass is 9.92. The van der Waals surface area contributed by atoms with Crippen LogP contribution in [0.4, 0.5) is 0 Å². The molecule has 1 heterocycles. The minimum absolute atomic E-state index is 0.315. The van der Waals surface area contributed by atoms with Crippen molar-refractivity contribution in [3.63, 3.8) is 0 Å². The monoisotopic (exact) mass is 240 g/mol. The molecule has 1 unspecified atom stereocenters. The Labute approximate surface area is 107 Å². The summed E-state index contributed by atoms with van der Waals surface area (Å²) in [4.78, 5) is 15.8. The fourth-order valence-corrected chi connectivity index (χ4v) is 1.92. The third-order valence-corrected chi connectivity index (χ3v) is 2.96. The molecule has 92 valence electrons. The van der Waals surface area contributed by atoms with Crippen LogP contribution < -0.4 is 5.73 Å². The van der Waals surface area contributed by atoms with E-state index >= 15 is 0 Å². The van der Waals surface area contributed by atoms with E-state index in [2.05, 4.69) is 4.98 Å². The molecule has 2 aromatic rings. The molecular formula is C15H16N2O. The van der Waals surface area contributed by atoms with Gasteiger partial charge in [-0.3, -0.25) is 9.78 Å². The molecule has 18 heavy (non-hydrogen) atoms.